The Bertz CT molecular complexity index is 681. The van der Waals surface area contributed by atoms with E-state index in [0.717, 1.165) is 30.0 Å². The van der Waals surface area contributed by atoms with Crippen LogP contribution < -0.4 is 4.90 Å². The molecule has 1 aliphatic heterocycles. The summed E-state index contributed by atoms with van der Waals surface area (Å²) in [7, 11) is 0. The third kappa shape index (κ3) is 2.24. The molecule has 0 aromatic carbocycles. The first kappa shape index (κ1) is 13.9. The second kappa shape index (κ2) is 5.02. The van der Waals surface area contributed by atoms with E-state index < -0.39 is 11.4 Å². The van der Waals surface area contributed by atoms with Gasteiger partial charge in [0.1, 0.15) is 12.1 Å². The van der Waals surface area contributed by atoms with Crippen LogP contribution >= 0.6 is 0 Å². The van der Waals surface area contributed by atoms with Gasteiger partial charge in [-0.1, -0.05) is 13.3 Å². The highest BCUT2D eigenvalue weighted by atomic mass is 16.4. The van der Waals surface area contributed by atoms with Crippen molar-refractivity contribution in [2.24, 2.45) is 5.41 Å². The summed E-state index contributed by atoms with van der Waals surface area (Å²) in [6, 6.07) is 4.02. The molecule has 6 heteroatoms. The number of carboxylic acids is 1. The van der Waals surface area contributed by atoms with Gasteiger partial charge in [-0.05, 0) is 37.5 Å². The van der Waals surface area contributed by atoms with Crippen LogP contribution in [0.25, 0.3) is 5.65 Å². The van der Waals surface area contributed by atoms with Crippen molar-refractivity contribution >= 4 is 17.4 Å². The van der Waals surface area contributed by atoms with Crippen LogP contribution in [0.15, 0.2) is 18.5 Å². The maximum atomic E-state index is 11.7. The van der Waals surface area contributed by atoms with Crippen LogP contribution in [0.1, 0.15) is 31.7 Å². The topological polar surface area (TPSA) is 70.7 Å². The van der Waals surface area contributed by atoms with Crippen LogP contribution in [0.3, 0.4) is 0 Å². The number of pyridine rings is 1. The number of anilines is 1. The fourth-order valence-electron chi connectivity index (χ4n) is 3.29. The fraction of sp³-hybridized carbons (Fsp3) is 0.533. The SMILES string of the molecule is CCCC1(C(=O)O)CCN(c2cc(C)cc3ncnn23)C1. The predicted octanol–water partition coefficient (Wildman–Crippen LogP) is 2.12. The molecule has 3 rings (SSSR count). The molecule has 0 saturated carbocycles. The molecular weight excluding hydrogens is 268 g/mol. The number of fused-ring (bicyclic) bond motifs is 1. The molecule has 21 heavy (non-hydrogen) atoms. The van der Waals surface area contributed by atoms with Crippen LogP contribution in [0.5, 0.6) is 0 Å². The van der Waals surface area contributed by atoms with Gasteiger partial charge >= 0.3 is 5.97 Å². The molecule has 2 aromatic rings. The van der Waals surface area contributed by atoms with E-state index in [0.29, 0.717) is 19.4 Å². The molecule has 0 spiro atoms. The molecule has 6 nitrogen and oxygen atoms in total. The minimum absolute atomic E-state index is 0.536. The number of aliphatic carboxylic acids is 1. The third-order valence-electron chi connectivity index (χ3n) is 4.36. The van der Waals surface area contributed by atoms with Crippen LogP contribution in [0.4, 0.5) is 5.82 Å². The molecule has 0 amide bonds. The summed E-state index contributed by atoms with van der Waals surface area (Å²) in [6.07, 6.45) is 3.81. The average Bonchev–Trinajstić information content (AvgIpc) is 3.05. The van der Waals surface area contributed by atoms with Crippen molar-refractivity contribution in [1.82, 2.24) is 14.6 Å². The van der Waals surface area contributed by atoms with E-state index >= 15 is 0 Å². The van der Waals surface area contributed by atoms with Gasteiger partial charge in [-0.15, -0.1) is 0 Å². The molecule has 1 N–H and O–H groups in total. The van der Waals surface area contributed by atoms with Gasteiger partial charge in [0.05, 0.1) is 5.41 Å². The van der Waals surface area contributed by atoms with E-state index in [1.807, 2.05) is 26.0 Å². The lowest BCUT2D eigenvalue weighted by atomic mass is 9.83. The Kier molecular flexibility index (Phi) is 3.31. The first-order valence-electron chi connectivity index (χ1n) is 7.34. The second-order valence-electron chi connectivity index (χ2n) is 5.93. The number of aromatic nitrogens is 3. The maximum Gasteiger partial charge on any atom is 0.311 e. The van der Waals surface area contributed by atoms with Gasteiger partial charge in [0.2, 0.25) is 0 Å². The van der Waals surface area contributed by atoms with E-state index in [1.165, 1.54) is 6.33 Å². The van der Waals surface area contributed by atoms with Gasteiger partial charge in [0.25, 0.3) is 0 Å². The number of carbonyl (C=O) groups is 1. The zero-order valence-electron chi connectivity index (χ0n) is 12.4. The zero-order valence-corrected chi connectivity index (χ0v) is 12.4. The van der Waals surface area contributed by atoms with Crippen molar-refractivity contribution in [1.29, 1.82) is 0 Å². The standard InChI is InChI=1S/C15H20N4O2/c1-3-4-15(14(20)21)5-6-18(9-15)13-8-11(2)7-12-16-10-17-19(12)13/h7-8,10H,3-6,9H2,1-2H3,(H,20,21). The molecule has 112 valence electrons. The number of hydrogen-bond acceptors (Lipinski definition) is 4. The summed E-state index contributed by atoms with van der Waals surface area (Å²) in [5.41, 5.74) is 1.27. The van der Waals surface area contributed by atoms with Crippen molar-refractivity contribution in [2.75, 3.05) is 18.0 Å². The van der Waals surface area contributed by atoms with Crippen molar-refractivity contribution in [3.8, 4) is 0 Å². The van der Waals surface area contributed by atoms with E-state index in [9.17, 15) is 9.90 Å². The molecule has 0 bridgehead atoms. The minimum Gasteiger partial charge on any atom is -0.481 e. The third-order valence-corrected chi connectivity index (χ3v) is 4.36. The summed E-state index contributed by atoms with van der Waals surface area (Å²) in [6.45, 7) is 5.33. The smallest absolute Gasteiger partial charge is 0.311 e. The summed E-state index contributed by atoms with van der Waals surface area (Å²) in [5.74, 6) is 0.246. The molecule has 1 unspecified atom stereocenters. The molecule has 1 atom stereocenters. The van der Waals surface area contributed by atoms with Gasteiger partial charge in [-0.25, -0.2) is 4.98 Å². The number of nitrogens with zero attached hydrogens (tertiary/aromatic N) is 4. The van der Waals surface area contributed by atoms with E-state index in [4.69, 9.17) is 0 Å². The highest BCUT2D eigenvalue weighted by Gasteiger charge is 2.44. The number of aryl methyl sites for hydroxylation is 1. The van der Waals surface area contributed by atoms with Crippen molar-refractivity contribution in [3.63, 3.8) is 0 Å². The Morgan fingerprint density at radius 1 is 1.48 bits per heavy atom. The van der Waals surface area contributed by atoms with Crippen LogP contribution in [0, 0.1) is 12.3 Å². The highest BCUT2D eigenvalue weighted by molar-refractivity contribution is 5.76. The predicted molar refractivity (Wildman–Crippen MR) is 79.5 cm³/mol. The van der Waals surface area contributed by atoms with Gasteiger partial charge < -0.3 is 10.0 Å². The average molecular weight is 288 g/mol. The molecule has 1 aliphatic rings. The Hall–Kier alpha value is -2.11. The molecule has 0 radical (unpaired) electrons. The molecular formula is C15H20N4O2. The number of carboxylic acid groups (broad SMARTS) is 1. The Labute approximate surface area is 123 Å². The van der Waals surface area contributed by atoms with E-state index in [1.54, 1.807) is 4.52 Å². The molecule has 0 aliphatic carbocycles. The quantitative estimate of drug-likeness (QED) is 0.933. The van der Waals surface area contributed by atoms with Crippen molar-refractivity contribution in [2.45, 2.75) is 33.1 Å². The monoisotopic (exact) mass is 288 g/mol. The second-order valence-corrected chi connectivity index (χ2v) is 5.93. The zero-order chi connectivity index (χ0) is 15.0. The Balaban J connectivity index is 1.98. The Morgan fingerprint density at radius 2 is 2.29 bits per heavy atom. The summed E-state index contributed by atoms with van der Waals surface area (Å²) in [4.78, 5) is 18.1. The lowest BCUT2D eigenvalue weighted by molar-refractivity contribution is -0.148. The van der Waals surface area contributed by atoms with Gasteiger partial charge in [0, 0.05) is 13.1 Å². The first-order valence-corrected chi connectivity index (χ1v) is 7.34. The summed E-state index contributed by atoms with van der Waals surface area (Å²) in [5, 5.41) is 13.9. The summed E-state index contributed by atoms with van der Waals surface area (Å²) < 4.78 is 1.79. The minimum atomic E-state index is -0.686. The van der Waals surface area contributed by atoms with E-state index in [2.05, 4.69) is 15.0 Å². The maximum absolute atomic E-state index is 11.7. The highest BCUT2D eigenvalue weighted by Crippen LogP contribution is 2.37. The lowest BCUT2D eigenvalue weighted by Crippen LogP contribution is -2.35. The van der Waals surface area contributed by atoms with Crippen LogP contribution in [0.2, 0.25) is 0 Å². The van der Waals surface area contributed by atoms with Crippen LogP contribution in [-0.4, -0.2) is 38.8 Å². The first-order chi connectivity index (χ1) is 10.1. The van der Waals surface area contributed by atoms with Gasteiger partial charge in [-0.3, -0.25) is 4.79 Å². The Morgan fingerprint density at radius 3 is 3.00 bits per heavy atom. The van der Waals surface area contributed by atoms with Crippen molar-refractivity contribution < 1.29 is 9.90 Å². The van der Waals surface area contributed by atoms with E-state index in [-0.39, 0.29) is 0 Å². The van der Waals surface area contributed by atoms with Gasteiger partial charge in [0.15, 0.2) is 5.65 Å². The lowest BCUT2D eigenvalue weighted by Gasteiger charge is -2.25. The number of rotatable bonds is 4. The fourth-order valence-corrected chi connectivity index (χ4v) is 3.29. The van der Waals surface area contributed by atoms with Crippen LogP contribution in [-0.2, 0) is 4.79 Å². The molecule has 2 aromatic heterocycles. The molecule has 1 fully saturated rings. The molecule has 3 heterocycles. The number of hydrogen-bond donors (Lipinski definition) is 1. The molecule has 1 saturated heterocycles. The van der Waals surface area contributed by atoms with Crippen molar-refractivity contribution in [3.05, 3.63) is 24.0 Å². The van der Waals surface area contributed by atoms with Gasteiger partial charge in [-0.2, -0.15) is 9.61 Å². The normalized spacial score (nSPS) is 22.1. The largest absolute Gasteiger partial charge is 0.481 e. The summed E-state index contributed by atoms with van der Waals surface area (Å²) >= 11 is 0.